The molecule has 1 aliphatic rings. The first-order valence-corrected chi connectivity index (χ1v) is 12.3. The normalized spacial score (nSPS) is 15.9. The van der Waals surface area contributed by atoms with E-state index in [9.17, 15) is 4.79 Å². The van der Waals surface area contributed by atoms with Crippen LogP contribution in [0.1, 0.15) is 12.1 Å². The molecule has 0 bridgehead atoms. The first-order chi connectivity index (χ1) is 17.4. The van der Waals surface area contributed by atoms with Crippen LogP contribution >= 0.6 is 0 Å². The lowest BCUT2D eigenvalue weighted by Crippen LogP contribution is -2.31. The molecule has 2 heterocycles. The third kappa shape index (κ3) is 5.53. The Hall–Kier alpha value is -3.81. The predicted octanol–water partition coefficient (Wildman–Crippen LogP) is 5.75. The van der Waals surface area contributed by atoms with E-state index in [1.54, 1.807) is 0 Å². The maximum Gasteiger partial charge on any atom is 0.323 e. The van der Waals surface area contributed by atoms with Gasteiger partial charge in [0.2, 0.25) is 0 Å². The van der Waals surface area contributed by atoms with Crippen molar-refractivity contribution in [3.63, 3.8) is 0 Å². The van der Waals surface area contributed by atoms with Gasteiger partial charge in [-0.05, 0) is 81.2 Å². The van der Waals surface area contributed by atoms with Gasteiger partial charge in [-0.25, -0.2) is 4.79 Å². The SMILES string of the molecule is CN(C)C1CCN(Cc2cc3cc(NC(=O)Nc4ccc(Oc5ccccc5)cc4)ccc3n2C)C1. The zero-order chi connectivity index (χ0) is 25.1. The standard InChI is InChI=1S/C29H33N5O2/c1-32(2)24-15-16-34(19-24)20-25-18-21-17-23(11-14-28(21)33(25)3)31-29(35)30-22-9-12-27(13-10-22)36-26-7-5-4-6-8-26/h4-14,17-18,24H,15-16,19-20H2,1-3H3,(H2,30,31,35). The van der Waals surface area contributed by atoms with Gasteiger partial charge in [-0.2, -0.15) is 0 Å². The Balaban J connectivity index is 1.20. The maximum atomic E-state index is 12.6. The third-order valence-corrected chi connectivity index (χ3v) is 6.85. The summed E-state index contributed by atoms with van der Waals surface area (Å²) in [5.41, 5.74) is 3.89. The van der Waals surface area contributed by atoms with Crippen molar-refractivity contribution >= 4 is 28.3 Å². The number of anilines is 2. The number of aryl methyl sites for hydroxylation is 1. The number of carbonyl (C=O) groups excluding carboxylic acids is 1. The van der Waals surface area contributed by atoms with Gasteiger partial charge in [0.15, 0.2) is 0 Å². The van der Waals surface area contributed by atoms with Gasteiger partial charge in [0.05, 0.1) is 0 Å². The Morgan fingerprint density at radius 3 is 2.36 bits per heavy atom. The maximum absolute atomic E-state index is 12.6. The largest absolute Gasteiger partial charge is 0.457 e. The third-order valence-electron chi connectivity index (χ3n) is 6.85. The molecule has 7 heteroatoms. The van der Waals surface area contributed by atoms with Crippen molar-refractivity contribution in [1.29, 1.82) is 0 Å². The second-order valence-electron chi connectivity index (χ2n) is 9.63. The molecular formula is C29H33N5O2. The van der Waals surface area contributed by atoms with Crippen molar-refractivity contribution in [3.8, 4) is 11.5 Å². The van der Waals surface area contributed by atoms with E-state index < -0.39 is 0 Å². The van der Waals surface area contributed by atoms with Gasteiger partial charge in [-0.3, -0.25) is 4.90 Å². The molecule has 1 atom stereocenters. The van der Waals surface area contributed by atoms with Crippen LogP contribution in [0.3, 0.4) is 0 Å². The molecule has 36 heavy (non-hydrogen) atoms. The van der Waals surface area contributed by atoms with Crippen LogP contribution in [0.4, 0.5) is 16.2 Å². The lowest BCUT2D eigenvalue weighted by molar-refractivity contribution is 0.262. The van der Waals surface area contributed by atoms with E-state index >= 15 is 0 Å². The van der Waals surface area contributed by atoms with E-state index in [1.807, 2.05) is 66.7 Å². The number of nitrogens with one attached hydrogen (secondary N) is 2. The number of fused-ring (bicyclic) bond motifs is 1. The van der Waals surface area contributed by atoms with Crippen molar-refractivity contribution in [3.05, 3.63) is 84.6 Å². The fourth-order valence-corrected chi connectivity index (χ4v) is 4.77. The highest BCUT2D eigenvalue weighted by molar-refractivity contribution is 6.01. The molecule has 0 spiro atoms. The highest BCUT2D eigenvalue weighted by atomic mass is 16.5. The van der Waals surface area contributed by atoms with Crippen molar-refractivity contribution in [2.24, 2.45) is 7.05 Å². The molecule has 1 saturated heterocycles. The average molecular weight is 484 g/mol. The van der Waals surface area contributed by atoms with Gasteiger partial charge in [0, 0.05) is 60.7 Å². The van der Waals surface area contributed by atoms with E-state index in [4.69, 9.17) is 4.74 Å². The molecule has 4 aromatic rings. The van der Waals surface area contributed by atoms with Crippen LogP contribution in [0, 0.1) is 0 Å². The number of rotatable bonds is 7. The highest BCUT2D eigenvalue weighted by Crippen LogP contribution is 2.26. The number of ether oxygens (including phenoxy) is 1. The summed E-state index contributed by atoms with van der Waals surface area (Å²) in [7, 11) is 6.43. The zero-order valence-corrected chi connectivity index (χ0v) is 21.1. The summed E-state index contributed by atoms with van der Waals surface area (Å²) >= 11 is 0. The number of hydrogen-bond acceptors (Lipinski definition) is 4. The molecule has 1 fully saturated rings. The van der Waals surface area contributed by atoms with Crippen LogP contribution in [-0.4, -0.2) is 53.6 Å². The lowest BCUT2D eigenvalue weighted by Gasteiger charge is -2.20. The van der Waals surface area contributed by atoms with E-state index in [-0.39, 0.29) is 6.03 Å². The number of nitrogens with zero attached hydrogens (tertiary/aromatic N) is 3. The monoisotopic (exact) mass is 483 g/mol. The summed E-state index contributed by atoms with van der Waals surface area (Å²) in [6.07, 6.45) is 1.21. The fourth-order valence-electron chi connectivity index (χ4n) is 4.77. The minimum absolute atomic E-state index is 0.283. The Kier molecular flexibility index (Phi) is 6.93. The van der Waals surface area contributed by atoms with Crippen LogP contribution in [0.15, 0.2) is 78.9 Å². The number of para-hydroxylation sites is 1. The van der Waals surface area contributed by atoms with Crippen molar-refractivity contribution in [1.82, 2.24) is 14.4 Å². The van der Waals surface area contributed by atoms with E-state index in [0.29, 0.717) is 17.5 Å². The molecule has 1 aliphatic heterocycles. The summed E-state index contributed by atoms with van der Waals surface area (Å²) in [6.45, 7) is 3.15. The summed E-state index contributed by atoms with van der Waals surface area (Å²) in [5, 5.41) is 6.96. The number of hydrogen-bond donors (Lipinski definition) is 2. The zero-order valence-electron chi connectivity index (χ0n) is 21.1. The Morgan fingerprint density at radius 1 is 0.944 bits per heavy atom. The predicted molar refractivity (Wildman–Crippen MR) is 146 cm³/mol. The van der Waals surface area contributed by atoms with Crippen LogP contribution in [0.2, 0.25) is 0 Å². The number of likely N-dealkylation sites (tertiary alicyclic amines) is 1. The van der Waals surface area contributed by atoms with Gasteiger partial charge in [0.1, 0.15) is 11.5 Å². The van der Waals surface area contributed by atoms with Gasteiger partial charge >= 0.3 is 6.03 Å². The minimum atomic E-state index is -0.283. The number of carbonyl (C=O) groups is 1. The van der Waals surface area contributed by atoms with Gasteiger partial charge in [-0.1, -0.05) is 18.2 Å². The molecule has 0 saturated carbocycles. The van der Waals surface area contributed by atoms with E-state index in [2.05, 4.69) is 58.3 Å². The molecule has 2 N–H and O–H groups in total. The second kappa shape index (κ2) is 10.4. The Labute approximate surface area is 212 Å². The second-order valence-corrected chi connectivity index (χ2v) is 9.63. The van der Waals surface area contributed by atoms with Crippen LogP contribution in [-0.2, 0) is 13.6 Å². The molecule has 0 radical (unpaired) electrons. The van der Waals surface area contributed by atoms with Crippen molar-refractivity contribution < 1.29 is 9.53 Å². The fraction of sp³-hybridized carbons (Fsp3) is 0.276. The first kappa shape index (κ1) is 23.9. The summed E-state index contributed by atoms with van der Waals surface area (Å²) in [6, 6.07) is 25.5. The Morgan fingerprint density at radius 2 is 1.64 bits per heavy atom. The number of aromatic nitrogens is 1. The van der Waals surface area contributed by atoms with Gasteiger partial charge < -0.3 is 24.8 Å². The summed E-state index contributed by atoms with van der Waals surface area (Å²) < 4.78 is 8.06. The molecule has 0 aliphatic carbocycles. The first-order valence-electron chi connectivity index (χ1n) is 12.3. The number of benzene rings is 3. The molecule has 2 amide bonds. The van der Waals surface area contributed by atoms with Crippen molar-refractivity contribution in [2.45, 2.75) is 19.0 Å². The highest BCUT2D eigenvalue weighted by Gasteiger charge is 2.24. The number of urea groups is 1. The number of likely N-dealkylation sites (N-methyl/N-ethyl adjacent to an activating group) is 1. The van der Waals surface area contributed by atoms with Crippen LogP contribution in [0.25, 0.3) is 10.9 Å². The number of amides is 2. The summed E-state index contributed by atoms with van der Waals surface area (Å²) in [4.78, 5) is 17.4. The van der Waals surface area contributed by atoms with Gasteiger partial charge in [-0.15, -0.1) is 0 Å². The minimum Gasteiger partial charge on any atom is -0.457 e. The Bertz CT molecular complexity index is 1330. The molecule has 7 nitrogen and oxygen atoms in total. The van der Waals surface area contributed by atoms with Crippen LogP contribution in [0.5, 0.6) is 11.5 Å². The topological polar surface area (TPSA) is 61.8 Å². The van der Waals surface area contributed by atoms with Crippen molar-refractivity contribution in [2.75, 3.05) is 37.8 Å². The van der Waals surface area contributed by atoms with Gasteiger partial charge in [0.25, 0.3) is 0 Å². The molecule has 5 rings (SSSR count). The summed E-state index contributed by atoms with van der Waals surface area (Å²) in [5.74, 6) is 1.48. The quantitative estimate of drug-likeness (QED) is 0.351. The molecule has 1 aromatic heterocycles. The molecule has 1 unspecified atom stereocenters. The van der Waals surface area contributed by atoms with E-state index in [0.717, 1.165) is 42.0 Å². The van der Waals surface area contributed by atoms with Crippen LogP contribution < -0.4 is 15.4 Å². The van der Waals surface area contributed by atoms with E-state index in [1.165, 1.54) is 12.1 Å². The molecule has 186 valence electrons. The smallest absolute Gasteiger partial charge is 0.323 e. The lowest BCUT2D eigenvalue weighted by atomic mass is 10.2. The molecule has 3 aromatic carbocycles. The molecular weight excluding hydrogens is 450 g/mol. The average Bonchev–Trinajstić information content (AvgIpc) is 3.46.